The summed E-state index contributed by atoms with van der Waals surface area (Å²) >= 11 is 0. The fraction of sp³-hybridized carbons (Fsp3) is 0.600. The lowest BCUT2D eigenvalue weighted by Crippen LogP contribution is -2.32. The second kappa shape index (κ2) is 6.59. The molecule has 1 saturated heterocycles. The van der Waals surface area contributed by atoms with Crippen LogP contribution in [0.3, 0.4) is 0 Å². The average molecular weight is 296 g/mol. The molecule has 0 aliphatic carbocycles. The zero-order valence-corrected chi connectivity index (χ0v) is 12.9. The molecular weight excluding hydrogens is 272 g/mol. The summed E-state index contributed by atoms with van der Waals surface area (Å²) in [6.07, 6.45) is 5.39. The van der Waals surface area contributed by atoms with Gasteiger partial charge in [0.15, 0.2) is 0 Å². The molecule has 0 spiro atoms. The van der Waals surface area contributed by atoms with Crippen molar-refractivity contribution in [1.82, 2.24) is 4.31 Å². The van der Waals surface area contributed by atoms with Crippen LogP contribution in [0.1, 0.15) is 39.0 Å². The molecule has 20 heavy (non-hydrogen) atoms. The molecule has 1 aromatic rings. The minimum atomic E-state index is -3.45. The van der Waals surface area contributed by atoms with Crippen LogP contribution >= 0.6 is 0 Å². The third kappa shape index (κ3) is 3.33. The lowest BCUT2D eigenvalue weighted by atomic mass is 9.96. The van der Waals surface area contributed by atoms with Crippen LogP contribution in [-0.2, 0) is 10.0 Å². The van der Waals surface area contributed by atoms with Crippen LogP contribution in [0.4, 0.5) is 5.69 Å². The Hall–Kier alpha value is -1.07. The maximum Gasteiger partial charge on any atom is 0.245 e. The number of hydrogen-bond acceptors (Lipinski definition) is 3. The Morgan fingerprint density at radius 3 is 2.70 bits per heavy atom. The van der Waals surface area contributed by atoms with E-state index >= 15 is 0 Å². The molecule has 0 bridgehead atoms. The van der Waals surface area contributed by atoms with Crippen molar-refractivity contribution in [3.63, 3.8) is 0 Å². The Morgan fingerprint density at radius 2 is 2.00 bits per heavy atom. The maximum absolute atomic E-state index is 12.7. The minimum Gasteiger partial charge on any atom is -0.398 e. The quantitative estimate of drug-likeness (QED) is 0.869. The maximum atomic E-state index is 12.7. The molecule has 5 heteroatoms. The van der Waals surface area contributed by atoms with E-state index in [1.165, 1.54) is 12.8 Å². The van der Waals surface area contributed by atoms with E-state index in [9.17, 15) is 8.42 Å². The molecule has 0 saturated carbocycles. The van der Waals surface area contributed by atoms with Crippen LogP contribution in [0.25, 0.3) is 0 Å². The summed E-state index contributed by atoms with van der Waals surface area (Å²) in [7, 11) is -3.45. The van der Waals surface area contributed by atoms with Crippen molar-refractivity contribution < 1.29 is 8.42 Å². The summed E-state index contributed by atoms with van der Waals surface area (Å²) in [6, 6.07) is 6.72. The number of sulfonamides is 1. The Balaban J connectivity index is 2.16. The van der Waals surface area contributed by atoms with Crippen molar-refractivity contribution in [1.29, 1.82) is 0 Å². The number of nitrogens with two attached hydrogens (primary N) is 1. The van der Waals surface area contributed by atoms with Gasteiger partial charge < -0.3 is 5.73 Å². The van der Waals surface area contributed by atoms with E-state index in [4.69, 9.17) is 5.73 Å². The van der Waals surface area contributed by atoms with Gasteiger partial charge in [0.05, 0.1) is 5.69 Å². The van der Waals surface area contributed by atoms with E-state index in [2.05, 4.69) is 6.92 Å². The second-order valence-electron chi connectivity index (χ2n) is 5.53. The summed E-state index contributed by atoms with van der Waals surface area (Å²) in [4.78, 5) is 0.244. The number of rotatable bonds is 4. The van der Waals surface area contributed by atoms with Crippen LogP contribution in [0.5, 0.6) is 0 Å². The van der Waals surface area contributed by atoms with Gasteiger partial charge in [0, 0.05) is 13.1 Å². The van der Waals surface area contributed by atoms with Gasteiger partial charge in [-0.2, -0.15) is 4.31 Å². The monoisotopic (exact) mass is 296 g/mol. The first-order chi connectivity index (χ1) is 9.55. The Bertz CT molecular complexity index is 543. The normalized spacial score (nSPS) is 21.6. The fourth-order valence-electron chi connectivity index (χ4n) is 2.93. The van der Waals surface area contributed by atoms with Crippen molar-refractivity contribution in [2.75, 3.05) is 18.8 Å². The second-order valence-corrected chi connectivity index (χ2v) is 7.43. The van der Waals surface area contributed by atoms with E-state index in [-0.39, 0.29) is 4.90 Å². The van der Waals surface area contributed by atoms with E-state index in [0.29, 0.717) is 24.7 Å². The molecule has 1 aliphatic heterocycles. The van der Waals surface area contributed by atoms with Crippen molar-refractivity contribution in [2.45, 2.75) is 43.9 Å². The van der Waals surface area contributed by atoms with E-state index in [1.54, 1.807) is 28.6 Å². The fourth-order valence-corrected chi connectivity index (χ4v) is 4.54. The average Bonchev–Trinajstić information content (AvgIpc) is 2.65. The Kier molecular flexibility index (Phi) is 5.05. The van der Waals surface area contributed by atoms with Crippen LogP contribution in [0, 0.1) is 5.92 Å². The highest BCUT2D eigenvalue weighted by molar-refractivity contribution is 7.89. The first-order valence-corrected chi connectivity index (χ1v) is 8.84. The van der Waals surface area contributed by atoms with Crippen molar-refractivity contribution >= 4 is 15.7 Å². The minimum absolute atomic E-state index is 0.244. The molecule has 1 atom stereocenters. The van der Waals surface area contributed by atoms with Crippen molar-refractivity contribution in [2.24, 2.45) is 5.92 Å². The number of para-hydroxylation sites is 1. The zero-order chi connectivity index (χ0) is 14.6. The smallest absolute Gasteiger partial charge is 0.245 e. The molecule has 2 N–H and O–H groups in total. The van der Waals surface area contributed by atoms with Gasteiger partial charge in [0.2, 0.25) is 10.0 Å². The summed E-state index contributed by atoms with van der Waals surface area (Å²) < 4.78 is 26.9. The highest BCUT2D eigenvalue weighted by Crippen LogP contribution is 2.27. The van der Waals surface area contributed by atoms with E-state index in [0.717, 1.165) is 19.3 Å². The summed E-state index contributed by atoms with van der Waals surface area (Å²) in [5.74, 6) is 0.660. The van der Waals surface area contributed by atoms with Gasteiger partial charge in [-0.05, 0) is 37.3 Å². The molecule has 1 aromatic carbocycles. The van der Waals surface area contributed by atoms with Gasteiger partial charge in [-0.25, -0.2) is 8.42 Å². The lowest BCUT2D eigenvalue weighted by Gasteiger charge is -2.21. The lowest BCUT2D eigenvalue weighted by molar-refractivity contribution is 0.400. The molecule has 4 nitrogen and oxygen atoms in total. The molecule has 1 heterocycles. The largest absolute Gasteiger partial charge is 0.398 e. The Labute approximate surface area is 122 Å². The zero-order valence-electron chi connectivity index (χ0n) is 12.1. The molecule has 0 aromatic heterocycles. The number of benzene rings is 1. The van der Waals surface area contributed by atoms with Crippen LogP contribution in [-0.4, -0.2) is 25.8 Å². The number of anilines is 1. The first kappa shape index (κ1) is 15.3. The summed E-state index contributed by atoms with van der Waals surface area (Å²) in [5, 5.41) is 0. The predicted molar refractivity (Wildman–Crippen MR) is 81.9 cm³/mol. The van der Waals surface area contributed by atoms with Gasteiger partial charge >= 0.3 is 0 Å². The molecule has 2 rings (SSSR count). The van der Waals surface area contributed by atoms with Gasteiger partial charge in [-0.1, -0.05) is 31.9 Å². The third-order valence-electron chi connectivity index (χ3n) is 4.04. The highest BCUT2D eigenvalue weighted by atomic mass is 32.2. The third-order valence-corrected chi connectivity index (χ3v) is 6.01. The molecule has 0 radical (unpaired) electrons. The van der Waals surface area contributed by atoms with Crippen LogP contribution < -0.4 is 5.73 Å². The summed E-state index contributed by atoms with van der Waals surface area (Å²) in [5.41, 5.74) is 6.16. The topological polar surface area (TPSA) is 63.4 Å². The molecular formula is C15H24N2O2S. The number of nitrogens with zero attached hydrogens (tertiary/aromatic N) is 1. The van der Waals surface area contributed by atoms with Crippen molar-refractivity contribution in [3.05, 3.63) is 24.3 Å². The molecule has 1 unspecified atom stereocenters. The number of hydrogen-bond donors (Lipinski definition) is 1. The number of nitrogen functional groups attached to an aromatic ring is 1. The van der Waals surface area contributed by atoms with Gasteiger partial charge in [-0.3, -0.25) is 0 Å². The molecule has 1 aliphatic rings. The predicted octanol–water partition coefficient (Wildman–Crippen LogP) is 2.86. The molecule has 112 valence electrons. The van der Waals surface area contributed by atoms with E-state index < -0.39 is 10.0 Å². The molecule has 0 amide bonds. The molecule has 1 fully saturated rings. The standard InChI is InChI=1S/C15H24N2O2S/c1-2-6-13-7-5-11-17(12-10-13)20(18,19)15-9-4-3-8-14(15)16/h3-4,8-9,13H,2,5-7,10-12,16H2,1H3. The van der Waals surface area contributed by atoms with Gasteiger partial charge in [0.1, 0.15) is 4.90 Å². The van der Waals surface area contributed by atoms with Crippen LogP contribution in [0.15, 0.2) is 29.2 Å². The first-order valence-electron chi connectivity index (χ1n) is 7.40. The Morgan fingerprint density at radius 1 is 1.25 bits per heavy atom. The van der Waals surface area contributed by atoms with Crippen molar-refractivity contribution in [3.8, 4) is 0 Å². The van der Waals surface area contributed by atoms with E-state index in [1.807, 2.05) is 0 Å². The summed E-state index contributed by atoms with van der Waals surface area (Å²) in [6.45, 7) is 3.41. The van der Waals surface area contributed by atoms with Crippen LogP contribution in [0.2, 0.25) is 0 Å². The van der Waals surface area contributed by atoms with Gasteiger partial charge in [-0.15, -0.1) is 0 Å². The SMILES string of the molecule is CCCC1CCCN(S(=O)(=O)c2ccccc2N)CC1. The highest BCUT2D eigenvalue weighted by Gasteiger charge is 2.28. The van der Waals surface area contributed by atoms with Gasteiger partial charge in [0.25, 0.3) is 0 Å².